The molecule has 3 N–H and O–H groups in total. The number of hydrogen-bond acceptors (Lipinski definition) is 4. The molecule has 2 amide bonds. The van der Waals surface area contributed by atoms with Gasteiger partial charge in [-0.25, -0.2) is 0 Å². The van der Waals surface area contributed by atoms with E-state index in [1.165, 1.54) is 0 Å². The molecule has 2 rings (SSSR count). The summed E-state index contributed by atoms with van der Waals surface area (Å²) in [6.45, 7) is 4.08. The van der Waals surface area contributed by atoms with Crippen LogP contribution in [-0.4, -0.2) is 44.1 Å². The molecule has 1 unspecified atom stereocenters. The first-order valence-electron chi connectivity index (χ1n) is 7.11. The Labute approximate surface area is 124 Å². The van der Waals surface area contributed by atoms with Gasteiger partial charge in [0, 0.05) is 25.6 Å². The van der Waals surface area contributed by atoms with Crippen LogP contribution >= 0.6 is 0 Å². The number of nitrogens with one attached hydrogen (secondary N) is 3. The van der Waals surface area contributed by atoms with Crippen molar-refractivity contribution >= 4 is 11.8 Å². The van der Waals surface area contributed by atoms with Gasteiger partial charge in [0.25, 0.3) is 5.91 Å². The van der Waals surface area contributed by atoms with Crippen LogP contribution in [-0.2, 0) is 9.59 Å². The molecule has 0 radical (unpaired) electrons. The van der Waals surface area contributed by atoms with E-state index >= 15 is 0 Å². The summed E-state index contributed by atoms with van der Waals surface area (Å²) in [6, 6.07) is 8.52. The predicted octanol–water partition coefficient (Wildman–Crippen LogP) is -0.0943. The fourth-order valence-electron chi connectivity index (χ4n) is 1.91. The van der Waals surface area contributed by atoms with Crippen molar-refractivity contribution in [1.29, 1.82) is 0 Å². The van der Waals surface area contributed by atoms with Crippen LogP contribution in [0.15, 0.2) is 30.3 Å². The number of ether oxygens (including phenoxy) is 1. The number of amides is 2. The predicted molar refractivity (Wildman–Crippen MR) is 78.9 cm³/mol. The molecule has 1 fully saturated rings. The SMILES string of the molecule is CC(NC(=O)COc1ccccc1)C(=O)NCC1CNC1. The third-order valence-corrected chi connectivity index (χ3v) is 3.31. The van der Waals surface area contributed by atoms with E-state index in [1.807, 2.05) is 18.2 Å². The van der Waals surface area contributed by atoms with Gasteiger partial charge in [0.2, 0.25) is 5.91 Å². The van der Waals surface area contributed by atoms with Crippen molar-refractivity contribution in [1.82, 2.24) is 16.0 Å². The minimum absolute atomic E-state index is 0.103. The van der Waals surface area contributed by atoms with E-state index in [-0.39, 0.29) is 18.4 Å². The quantitative estimate of drug-likeness (QED) is 0.656. The molecular weight excluding hydrogens is 270 g/mol. The first kappa shape index (κ1) is 15.3. The number of carbonyl (C=O) groups excluding carboxylic acids is 2. The molecule has 0 aliphatic carbocycles. The van der Waals surface area contributed by atoms with Crippen LogP contribution in [0.2, 0.25) is 0 Å². The van der Waals surface area contributed by atoms with E-state index in [0.29, 0.717) is 18.2 Å². The number of carbonyl (C=O) groups is 2. The zero-order chi connectivity index (χ0) is 15.1. The second-order valence-electron chi connectivity index (χ2n) is 5.16. The molecule has 21 heavy (non-hydrogen) atoms. The molecule has 1 aromatic carbocycles. The topological polar surface area (TPSA) is 79.5 Å². The fraction of sp³-hybridized carbons (Fsp3) is 0.467. The molecule has 1 heterocycles. The highest BCUT2D eigenvalue weighted by molar-refractivity contribution is 5.87. The third-order valence-electron chi connectivity index (χ3n) is 3.31. The molecule has 1 aromatic rings. The largest absolute Gasteiger partial charge is 0.484 e. The highest BCUT2D eigenvalue weighted by Gasteiger charge is 2.20. The van der Waals surface area contributed by atoms with Gasteiger partial charge >= 0.3 is 0 Å². The van der Waals surface area contributed by atoms with Crippen molar-refractivity contribution in [2.75, 3.05) is 26.2 Å². The Morgan fingerprint density at radius 3 is 2.67 bits per heavy atom. The van der Waals surface area contributed by atoms with Crippen molar-refractivity contribution < 1.29 is 14.3 Å². The average molecular weight is 291 g/mol. The van der Waals surface area contributed by atoms with Crippen LogP contribution in [0.3, 0.4) is 0 Å². The van der Waals surface area contributed by atoms with Gasteiger partial charge < -0.3 is 20.7 Å². The van der Waals surface area contributed by atoms with Crippen molar-refractivity contribution in [3.05, 3.63) is 30.3 Å². The molecule has 1 atom stereocenters. The molecule has 0 saturated carbocycles. The number of rotatable bonds is 7. The van der Waals surface area contributed by atoms with E-state index in [9.17, 15) is 9.59 Å². The Morgan fingerprint density at radius 1 is 1.33 bits per heavy atom. The van der Waals surface area contributed by atoms with Crippen LogP contribution in [0.4, 0.5) is 0 Å². The van der Waals surface area contributed by atoms with Crippen LogP contribution < -0.4 is 20.7 Å². The summed E-state index contributed by atoms with van der Waals surface area (Å²) in [5, 5.41) is 8.59. The summed E-state index contributed by atoms with van der Waals surface area (Å²) >= 11 is 0. The lowest BCUT2D eigenvalue weighted by Gasteiger charge is -2.27. The Hall–Kier alpha value is -2.08. The standard InChI is InChI=1S/C15H21N3O3/c1-11(15(20)17-9-12-7-16-8-12)18-14(19)10-21-13-5-3-2-4-6-13/h2-6,11-12,16H,7-10H2,1H3,(H,17,20)(H,18,19). The van der Waals surface area contributed by atoms with E-state index in [2.05, 4.69) is 16.0 Å². The normalized spacial score (nSPS) is 15.7. The molecule has 1 saturated heterocycles. The molecule has 6 nitrogen and oxygen atoms in total. The summed E-state index contributed by atoms with van der Waals surface area (Å²) in [4.78, 5) is 23.5. The minimum atomic E-state index is -0.565. The number of para-hydroxylation sites is 1. The van der Waals surface area contributed by atoms with Gasteiger partial charge in [-0.3, -0.25) is 9.59 Å². The first-order valence-corrected chi connectivity index (χ1v) is 7.11. The van der Waals surface area contributed by atoms with Crippen molar-refractivity contribution in [2.24, 2.45) is 5.92 Å². The second kappa shape index (κ2) is 7.64. The second-order valence-corrected chi connectivity index (χ2v) is 5.16. The lowest BCUT2D eigenvalue weighted by atomic mass is 10.0. The maximum absolute atomic E-state index is 11.8. The Bertz CT molecular complexity index is 474. The van der Waals surface area contributed by atoms with E-state index in [1.54, 1.807) is 19.1 Å². The summed E-state index contributed by atoms with van der Waals surface area (Å²) in [7, 11) is 0. The molecule has 6 heteroatoms. The van der Waals surface area contributed by atoms with Gasteiger partial charge in [-0.05, 0) is 19.1 Å². The number of benzene rings is 1. The molecule has 1 aliphatic heterocycles. The molecule has 0 bridgehead atoms. The van der Waals surface area contributed by atoms with Gasteiger partial charge in [0.05, 0.1) is 0 Å². The third kappa shape index (κ3) is 5.07. The van der Waals surface area contributed by atoms with E-state index in [0.717, 1.165) is 13.1 Å². The smallest absolute Gasteiger partial charge is 0.258 e. The zero-order valence-corrected chi connectivity index (χ0v) is 12.1. The average Bonchev–Trinajstić information content (AvgIpc) is 2.44. The van der Waals surface area contributed by atoms with E-state index in [4.69, 9.17) is 4.74 Å². The van der Waals surface area contributed by atoms with Gasteiger partial charge in [-0.2, -0.15) is 0 Å². The van der Waals surface area contributed by atoms with Crippen molar-refractivity contribution in [2.45, 2.75) is 13.0 Å². The van der Waals surface area contributed by atoms with Crippen molar-refractivity contribution in [3.8, 4) is 5.75 Å². The highest BCUT2D eigenvalue weighted by Crippen LogP contribution is 2.07. The maximum atomic E-state index is 11.8. The van der Waals surface area contributed by atoms with E-state index < -0.39 is 6.04 Å². The first-order chi connectivity index (χ1) is 10.1. The summed E-state index contributed by atoms with van der Waals surface area (Å²) in [6.07, 6.45) is 0. The summed E-state index contributed by atoms with van der Waals surface area (Å²) in [5.74, 6) is 0.641. The van der Waals surface area contributed by atoms with Gasteiger partial charge in [-0.15, -0.1) is 0 Å². The van der Waals surface area contributed by atoms with Crippen LogP contribution in [0, 0.1) is 5.92 Å². The fourth-order valence-corrected chi connectivity index (χ4v) is 1.91. The number of hydrogen-bond donors (Lipinski definition) is 3. The lowest BCUT2D eigenvalue weighted by molar-refractivity contribution is -0.129. The zero-order valence-electron chi connectivity index (χ0n) is 12.1. The molecule has 1 aliphatic rings. The van der Waals surface area contributed by atoms with Gasteiger partial charge in [0.15, 0.2) is 6.61 Å². The van der Waals surface area contributed by atoms with Gasteiger partial charge in [-0.1, -0.05) is 18.2 Å². The van der Waals surface area contributed by atoms with Crippen LogP contribution in [0.25, 0.3) is 0 Å². The van der Waals surface area contributed by atoms with Crippen LogP contribution in [0.5, 0.6) is 5.75 Å². The maximum Gasteiger partial charge on any atom is 0.258 e. The highest BCUT2D eigenvalue weighted by atomic mass is 16.5. The monoisotopic (exact) mass is 291 g/mol. The lowest BCUT2D eigenvalue weighted by Crippen LogP contribution is -2.52. The Kier molecular flexibility index (Phi) is 5.57. The Morgan fingerprint density at radius 2 is 2.05 bits per heavy atom. The summed E-state index contributed by atoms with van der Waals surface area (Å²) in [5.41, 5.74) is 0. The van der Waals surface area contributed by atoms with Crippen LogP contribution in [0.1, 0.15) is 6.92 Å². The molecular formula is C15H21N3O3. The minimum Gasteiger partial charge on any atom is -0.484 e. The molecule has 0 spiro atoms. The van der Waals surface area contributed by atoms with Crippen molar-refractivity contribution in [3.63, 3.8) is 0 Å². The Balaban J connectivity index is 1.64. The molecule has 0 aromatic heterocycles. The molecule has 114 valence electrons. The van der Waals surface area contributed by atoms with Gasteiger partial charge in [0.1, 0.15) is 11.8 Å². The summed E-state index contributed by atoms with van der Waals surface area (Å²) < 4.78 is 5.32.